The van der Waals surface area contributed by atoms with E-state index in [-0.39, 0.29) is 11.0 Å². The van der Waals surface area contributed by atoms with Crippen molar-refractivity contribution < 1.29 is 4.79 Å². The third kappa shape index (κ3) is 5.56. The maximum Gasteiger partial charge on any atom is 0.257 e. The van der Waals surface area contributed by atoms with Crippen molar-refractivity contribution in [2.45, 2.75) is 0 Å². The van der Waals surface area contributed by atoms with E-state index in [0.29, 0.717) is 5.56 Å². The van der Waals surface area contributed by atoms with Gasteiger partial charge in [-0.15, -0.1) is 0 Å². The van der Waals surface area contributed by atoms with Crippen molar-refractivity contribution in [3.8, 4) is 11.1 Å². The van der Waals surface area contributed by atoms with E-state index in [1.54, 1.807) is 12.1 Å². The van der Waals surface area contributed by atoms with Crippen molar-refractivity contribution in [1.82, 2.24) is 5.32 Å². The molecule has 152 valence electrons. The molecule has 0 saturated carbocycles. The van der Waals surface area contributed by atoms with Gasteiger partial charge in [-0.05, 0) is 71.9 Å². The summed E-state index contributed by atoms with van der Waals surface area (Å²) in [5.74, 6) is -0.250. The Kier molecular flexibility index (Phi) is 6.35. The number of thiocarbonyl (C=S) groups is 1. The summed E-state index contributed by atoms with van der Waals surface area (Å²) < 4.78 is 0. The van der Waals surface area contributed by atoms with Crippen LogP contribution in [0.2, 0.25) is 0 Å². The molecule has 5 heteroatoms. The molecule has 0 aliphatic carbocycles. The van der Waals surface area contributed by atoms with Crippen LogP contribution in [0, 0.1) is 0 Å². The molecule has 4 nitrogen and oxygen atoms in total. The first-order valence-electron chi connectivity index (χ1n) is 9.87. The summed E-state index contributed by atoms with van der Waals surface area (Å²) in [6.45, 7) is 0. The SMILES string of the molecule is O=C(NC(=S)Nc1ccc(Nc2ccccc2)cc1)c1ccc(-c2ccccc2)cc1. The van der Waals surface area contributed by atoms with Gasteiger partial charge in [-0.2, -0.15) is 0 Å². The average Bonchev–Trinajstić information content (AvgIpc) is 2.82. The second-order valence-electron chi connectivity index (χ2n) is 6.92. The highest BCUT2D eigenvalue weighted by molar-refractivity contribution is 7.80. The second kappa shape index (κ2) is 9.69. The standard InChI is InChI=1S/C26H21N3OS/c30-25(21-13-11-20(12-14-21)19-7-3-1-4-8-19)29-26(31)28-24-17-15-23(16-18-24)27-22-9-5-2-6-10-22/h1-18,27H,(H2,28,29,30,31). The molecule has 0 aromatic heterocycles. The van der Waals surface area contributed by atoms with Crippen LogP contribution >= 0.6 is 12.2 Å². The topological polar surface area (TPSA) is 53.2 Å². The van der Waals surface area contributed by atoms with Crippen molar-refractivity contribution in [2.24, 2.45) is 0 Å². The highest BCUT2D eigenvalue weighted by Crippen LogP contribution is 2.20. The molecule has 1 amide bonds. The number of hydrogen-bond donors (Lipinski definition) is 3. The van der Waals surface area contributed by atoms with Gasteiger partial charge < -0.3 is 10.6 Å². The Morgan fingerprint density at radius 2 is 1.10 bits per heavy atom. The number of amides is 1. The van der Waals surface area contributed by atoms with E-state index >= 15 is 0 Å². The highest BCUT2D eigenvalue weighted by atomic mass is 32.1. The molecule has 0 aliphatic heterocycles. The van der Waals surface area contributed by atoms with E-state index in [0.717, 1.165) is 28.2 Å². The van der Waals surface area contributed by atoms with Crippen molar-refractivity contribution in [1.29, 1.82) is 0 Å². The van der Waals surface area contributed by atoms with Gasteiger partial charge in [0.1, 0.15) is 0 Å². The zero-order valence-corrected chi connectivity index (χ0v) is 17.5. The van der Waals surface area contributed by atoms with Gasteiger partial charge >= 0.3 is 0 Å². The molecular weight excluding hydrogens is 402 g/mol. The summed E-state index contributed by atoms with van der Waals surface area (Å²) in [6, 6.07) is 35.1. The van der Waals surface area contributed by atoms with Gasteiger partial charge in [0.2, 0.25) is 0 Å². The highest BCUT2D eigenvalue weighted by Gasteiger charge is 2.08. The number of nitrogens with one attached hydrogen (secondary N) is 3. The fourth-order valence-electron chi connectivity index (χ4n) is 3.11. The molecule has 0 atom stereocenters. The summed E-state index contributed by atoms with van der Waals surface area (Å²) in [6.07, 6.45) is 0. The van der Waals surface area contributed by atoms with E-state index in [1.165, 1.54) is 0 Å². The molecule has 0 unspecified atom stereocenters. The zero-order valence-electron chi connectivity index (χ0n) is 16.7. The van der Waals surface area contributed by atoms with Gasteiger partial charge in [-0.25, -0.2) is 0 Å². The molecule has 4 aromatic rings. The Balaban J connectivity index is 1.32. The molecule has 0 spiro atoms. The smallest absolute Gasteiger partial charge is 0.257 e. The Hall–Kier alpha value is -3.96. The van der Waals surface area contributed by atoms with Crippen molar-refractivity contribution in [3.63, 3.8) is 0 Å². The lowest BCUT2D eigenvalue weighted by Crippen LogP contribution is -2.34. The number of anilines is 3. The van der Waals surface area contributed by atoms with Crippen LogP contribution in [0.25, 0.3) is 11.1 Å². The van der Waals surface area contributed by atoms with Crippen LogP contribution in [-0.2, 0) is 0 Å². The van der Waals surface area contributed by atoms with Crippen LogP contribution in [0.5, 0.6) is 0 Å². The fourth-order valence-corrected chi connectivity index (χ4v) is 3.32. The first-order chi connectivity index (χ1) is 15.2. The van der Waals surface area contributed by atoms with Crippen molar-refractivity contribution in [2.75, 3.05) is 10.6 Å². The minimum Gasteiger partial charge on any atom is -0.356 e. The third-order valence-electron chi connectivity index (χ3n) is 4.69. The Labute approximate surface area is 187 Å². The second-order valence-corrected chi connectivity index (χ2v) is 7.33. The lowest BCUT2D eigenvalue weighted by Gasteiger charge is -2.11. The van der Waals surface area contributed by atoms with Crippen LogP contribution in [0.15, 0.2) is 109 Å². The summed E-state index contributed by atoms with van der Waals surface area (Å²) in [7, 11) is 0. The Bertz CT molecular complexity index is 1160. The summed E-state index contributed by atoms with van der Waals surface area (Å²) in [5.41, 5.74) is 5.49. The normalized spacial score (nSPS) is 10.2. The number of para-hydroxylation sites is 1. The molecule has 0 bridgehead atoms. The lowest BCUT2D eigenvalue weighted by molar-refractivity contribution is 0.0978. The third-order valence-corrected chi connectivity index (χ3v) is 4.89. The molecule has 3 N–H and O–H groups in total. The van der Waals surface area contributed by atoms with Gasteiger partial charge in [-0.3, -0.25) is 10.1 Å². The Morgan fingerprint density at radius 3 is 1.74 bits per heavy atom. The molecule has 4 aromatic carbocycles. The molecule has 31 heavy (non-hydrogen) atoms. The minimum absolute atomic E-state index is 0.250. The number of carbonyl (C=O) groups is 1. The number of benzene rings is 4. The molecule has 0 aliphatic rings. The summed E-state index contributed by atoms with van der Waals surface area (Å²) in [5, 5.41) is 9.34. The minimum atomic E-state index is -0.250. The van der Waals surface area contributed by atoms with Gasteiger partial charge in [0, 0.05) is 22.6 Å². The fraction of sp³-hybridized carbons (Fsp3) is 0. The monoisotopic (exact) mass is 423 g/mol. The van der Waals surface area contributed by atoms with E-state index < -0.39 is 0 Å². The summed E-state index contributed by atoms with van der Waals surface area (Å²) in [4.78, 5) is 12.5. The first-order valence-corrected chi connectivity index (χ1v) is 10.3. The van der Waals surface area contributed by atoms with Crippen LogP contribution in [-0.4, -0.2) is 11.0 Å². The maximum atomic E-state index is 12.5. The first kappa shape index (κ1) is 20.3. The molecule has 0 fully saturated rings. The van der Waals surface area contributed by atoms with Crippen molar-refractivity contribution >= 4 is 40.3 Å². The molecule has 4 rings (SSSR count). The average molecular weight is 424 g/mol. The quantitative estimate of drug-likeness (QED) is 0.333. The molecular formula is C26H21N3OS. The summed E-state index contributed by atoms with van der Waals surface area (Å²) >= 11 is 5.29. The van der Waals surface area contributed by atoms with E-state index in [1.807, 2.05) is 97.1 Å². The lowest BCUT2D eigenvalue weighted by atomic mass is 10.0. The van der Waals surface area contributed by atoms with E-state index in [2.05, 4.69) is 16.0 Å². The number of hydrogen-bond acceptors (Lipinski definition) is 3. The Morgan fingerprint density at radius 1 is 0.581 bits per heavy atom. The molecule has 0 radical (unpaired) electrons. The van der Waals surface area contributed by atoms with Crippen molar-refractivity contribution in [3.05, 3.63) is 115 Å². The predicted molar refractivity (Wildman–Crippen MR) is 132 cm³/mol. The maximum absolute atomic E-state index is 12.5. The van der Waals surface area contributed by atoms with Gasteiger partial charge in [0.15, 0.2) is 5.11 Å². The van der Waals surface area contributed by atoms with Crippen LogP contribution in [0.1, 0.15) is 10.4 Å². The molecule has 0 saturated heterocycles. The van der Waals surface area contributed by atoms with Gasteiger partial charge in [0.05, 0.1) is 0 Å². The van der Waals surface area contributed by atoms with Crippen LogP contribution in [0.3, 0.4) is 0 Å². The van der Waals surface area contributed by atoms with Crippen LogP contribution < -0.4 is 16.0 Å². The predicted octanol–water partition coefficient (Wildman–Crippen LogP) is 6.22. The van der Waals surface area contributed by atoms with E-state index in [4.69, 9.17) is 12.2 Å². The van der Waals surface area contributed by atoms with E-state index in [9.17, 15) is 4.79 Å². The van der Waals surface area contributed by atoms with Gasteiger partial charge in [-0.1, -0.05) is 60.7 Å². The number of carbonyl (C=O) groups excluding carboxylic acids is 1. The number of rotatable bonds is 5. The van der Waals surface area contributed by atoms with Crippen LogP contribution in [0.4, 0.5) is 17.1 Å². The molecule has 0 heterocycles. The largest absolute Gasteiger partial charge is 0.356 e. The zero-order chi connectivity index (χ0) is 21.5. The van der Waals surface area contributed by atoms with Gasteiger partial charge in [0.25, 0.3) is 5.91 Å².